The second kappa shape index (κ2) is 7.88. The van der Waals surface area contributed by atoms with Gasteiger partial charge in [-0.2, -0.15) is 10.2 Å². The summed E-state index contributed by atoms with van der Waals surface area (Å²) in [7, 11) is 0. The SMILES string of the molecule is CCCn1ncc(C(=O)NC2CCc3nn(CCC)c(=O)n3CC2)c1C. The summed E-state index contributed by atoms with van der Waals surface area (Å²) in [6.45, 7) is 8.11. The summed E-state index contributed by atoms with van der Waals surface area (Å²) in [5.41, 5.74) is 1.49. The Labute approximate surface area is 153 Å². The molecule has 1 aliphatic rings. The fourth-order valence-electron chi connectivity index (χ4n) is 3.50. The van der Waals surface area contributed by atoms with Crippen LogP contribution in [0.1, 0.15) is 61.4 Å². The van der Waals surface area contributed by atoms with Gasteiger partial charge in [-0.15, -0.1) is 0 Å². The zero-order valence-electron chi connectivity index (χ0n) is 15.9. The second-order valence-electron chi connectivity index (χ2n) is 6.94. The number of rotatable bonds is 6. The van der Waals surface area contributed by atoms with Crippen molar-refractivity contribution in [3.05, 3.63) is 33.8 Å². The molecule has 1 N–H and O–H groups in total. The standard InChI is InChI=1S/C18H28N6O2/c1-4-9-23-13(3)15(12-19-23)17(25)20-14-6-7-16-21-24(10-5-2)18(26)22(16)11-8-14/h12,14H,4-11H2,1-3H3,(H,20,25). The van der Waals surface area contributed by atoms with E-state index < -0.39 is 0 Å². The van der Waals surface area contributed by atoms with Crippen LogP contribution in [0.15, 0.2) is 11.0 Å². The summed E-state index contributed by atoms with van der Waals surface area (Å²) in [5, 5.41) is 11.9. The van der Waals surface area contributed by atoms with E-state index in [1.54, 1.807) is 15.4 Å². The minimum absolute atomic E-state index is 0.0366. The van der Waals surface area contributed by atoms with Crippen molar-refractivity contribution in [1.82, 2.24) is 29.4 Å². The Morgan fingerprint density at radius 3 is 2.69 bits per heavy atom. The molecule has 3 rings (SSSR count). The Hall–Kier alpha value is -2.38. The monoisotopic (exact) mass is 360 g/mol. The van der Waals surface area contributed by atoms with Gasteiger partial charge in [0.15, 0.2) is 0 Å². The molecule has 8 nitrogen and oxygen atoms in total. The molecule has 0 saturated heterocycles. The summed E-state index contributed by atoms with van der Waals surface area (Å²) in [4.78, 5) is 25.0. The van der Waals surface area contributed by atoms with Crippen LogP contribution in [0.3, 0.4) is 0 Å². The molecular weight excluding hydrogens is 332 g/mol. The van der Waals surface area contributed by atoms with Crippen molar-refractivity contribution in [3.8, 4) is 0 Å². The van der Waals surface area contributed by atoms with Crippen LogP contribution in [0.25, 0.3) is 0 Å². The third-order valence-corrected chi connectivity index (χ3v) is 4.97. The van der Waals surface area contributed by atoms with Crippen molar-refractivity contribution in [3.63, 3.8) is 0 Å². The highest BCUT2D eigenvalue weighted by molar-refractivity contribution is 5.95. The molecule has 2 aromatic rings. The molecule has 0 aromatic carbocycles. The lowest BCUT2D eigenvalue weighted by atomic mass is 10.1. The van der Waals surface area contributed by atoms with E-state index in [-0.39, 0.29) is 17.6 Å². The second-order valence-corrected chi connectivity index (χ2v) is 6.94. The van der Waals surface area contributed by atoms with Gasteiger partial charge in [0.1, 0.15) is 5.82 Å². The minimum atomic E-state index is -0.0854. The van der Waals surface area contributed by atoms with Crippen LogP contribution in [0.4, 0.5) is 0 Å². The molecule has 2 aromatic heterocycles. The van der Waals surface area contributed by atoms with Crippen molar-refractivity contribution in [2.24, 2.45) is 0 Å². The lowest BCUT2D eigenvalue weighted by Gasteiger charge is -2.16. The third kappa shape index (κ3) is 3.59. The molecule has 0 aliphatic carbocycles. The highest BCUT2D eigenvalue weighted by atomic mass is 16.2. The van der Waals surface area contributed by atoms with Crippen molar-refractivity contribution in [2.45, 2.75) is 78.6 Å². The Balaban J connectivity index is 1.65. The van der Waals surface area contributed by atoms with Crippen LogP contribution < -0.4 is 11.0 Å². The van der Waals surface area contributed by atoms with E-state index in [1.807, 2.05) is 18.5 Å². The van der Waals surface area contributed by atoms with Gasteiger partial charge < -0.3 is 5.32 Å². The zero-order valence-corrected chi connectivity index (χ0v) is 15.9. The molecule has 1 atom stereocenters. The highest BCUT2D eigenvalue weighted by Gasteiger charge is 2.23. The van der Waals surface area contributed by atoms with Gasteiger partial charge in [0.25, 0.3) is 5.91 Å². The summed E-state index contributed by atoms with van der Waals surface area (Å²) in [5.74, 6) is 0.741. The number of aryl methyl sites for hydroxylation is 3. The summed E-state index contributed by atoms with van der Waals surface area (Å²) in [6.07, 6.45) is 5.74. The number of nitrogens with zero attached hydrogens (tertiary/aromatic N) is 5. The van der Waals surface area contributed by atoms with Crippen LogP contribution >= 0.6 is 0 Å². The zero-order chi connectivity index (χ0) is 18.7. The van der Waals surface area contributed by atoms with Gasteiger partial charge >= 0.3 is 5.69 Å². The maximum absolute atomic E-state index is 12.6. The Morgan fingerprint density at radius 1 is 1.23 bits per heavy atom. The van der Waals surface area contributed by atoms with Crippen molar-refractivity contribution < 1.29 is 4.79 Å². The Kier molecular flexibility index (Phi) is 5.58. The molecule has 1 amide bonds. The number of carbonyl (C=O) groups is 1. The molecule has 0 saturated carbocycles. The molecule has 26 heavy (non-hydrogen) atoms. The van der Waals surface area contributed by atoms with E-state index in [4.69, 9.17) is 0 Å². The third-order valence-electron chi connectivity index (χ3n) is 4.97. The molecule has 3 heterocycles. The molecule has 142 valence electrons. The van der Waals surface area contributed by atoms with Gasteiger partial charge in [-0.1, -0.05) is 13.8 Å². The Morgan fingerprint density at radius 2 is 1.96 bits per heavy atom. The van der Waals surface area contributed by atoms with Gasteiger partial charge in [-0.05, 0) is 32.6 Å². The molecule has 0 spiro atoms. The maximum Gasteiger partial charge on any atom is 0.345 e. The van der Waals surface area contributed by atoms with Crippen molar-refractivity contribution in [2.75, 3.05) is 0 Å². The maximum atomic E-state index is 12.6. The fraction of sp³-hybridized carbons (Fsp3) is 0.667. The molecule has 1 unspecified atom stereocenters. The Bertz CT molecular complexity index is 831. The number of nitrogens with one attached hydrogen (secondary N) is 1. The van der Waals surface area contributed by atoms with E-state index in [1.165, 1.54) is 0 Å². The van der Waals surface area contributed by atoms with Crippen LogP contribution in [-0.4, -0.2) is 36.1 Å². The number of fused-ring (bicyclic) bond motifs is 1. The van der Waals surface area contributed by atoms with E-state index in [9.17, 15) is 9.59 Å². The van der Waals surface area contributed by atoms with Crippen LogP contribution in [-0.2, 0) is 26.1 Å². The average Bonchev–Trinajstić information content (AvgIpc) is 3.04. The first-order valence-corrected chi connectivity index (χ1v) is 9.54. The average molecular weight is 360 g/mol. The number of hydrogen-bond acceptors (Lipinski definition) is 4. The molecular formula is C18H28N6O2. The number of hydrogen-bond donors (Lipinski definition) is 1. The molecule has 0 radical (unpaired) electrons. The minimum Gasteiger partial charge on any atom is -0.349 e. The molecule has 1 aliphatic heterocycles. The number of carbonyl (C=O) groups excluding carboxylic acids is 1. The van der Waals surface area contributed by atoms with Crippen LogP contribution in [0.2, 0.25) is 0 Å². The lowest BCUT2D eigenvalue weighted by Crippen LogP contribution is -2.36. The first-order chi connectivity index (χ1) is 12.5. The van der Waals surface area contributed by atoms with Gasteiger partial charge in [-0.3, -0.25) is 14.0 Å². The number of amides is 1. The quantitative estimate of drug-likeness (QED) is 0.846. The first kappa shape index (κ1) is 18.4. The fourth-order valence-corrected chi connectivity index (χ4v) is 3.50. The highest BCUT2D eigenvalue weighted by Crippen LogP contribution is 2.14. The summed E-state index contributed by atoms with van der Waals surface area (Å²) < 4.78 is 5.18. The topological polar surface area (TPSA) is 86.7 Å². The normalized spacial score (nSPS) is 17.0. The van der Waals surface area contributed by atoms with Gasteiger partial charge in [-0.25, -0.2) is 9.48 Å². The smallest absolute Gasteiger partial charge is 0.345 e. The molecule has 0 fully saturated rings. The van der Waals surface area contributed by atoms with Crippen LogP contribution in [0, 0.1) is 6.92 Å². The number of aromatic nitrogens is 5. The first-order valence-electron chi connectivity index (χ1n) is 9.54. The predicted octanol–water partition coefficient (Wildman–Crippen LogP) is 1.50. The van der Waals surface area contributed by atoms with E-state index in [0.717, 1.165) is 43.7 Å². The van der Waals surface area contributed by atoms with Gasteiger partial charge in [0, 0.05) is 37.8 Å². The van der Waals surface area contributed by atoms with Crippen molar-refractivity contribution >= 4 is 5.91 Å². The lowest BCUT2D eigenvalue weighted by molar-refractivity contribution is 0.0932. The predicted molar refractivity (Wildman–Crippen MR) is 98.2 cm³/mol. The summed E-state index contributed by atoms with van der Waals surface area (Å²) in [6, 6.07) is 0.0390. The molecule has 0 bridgehead atoms. The molecule has 8 heteroatoms. The summed E-state index contributed by atoms with van der Waals surface area (Å²) >= 11 is 0. The van der Waals surface area contributed by atoms with E-state index >= 15 is 0 Å². The van der Waals surface area contributed by atoms with Gasteiger partial charge in [0.05, 0.1) is 11.8 Å². The van der Waals surface area contributed by atoms with Gasteiger partial charge in [0.2, 0.25) is 0 Å². The van der Waals surface area contributed by atoms with E-state index in [2.05, 4.69) is 22.4 Å². The van der Waals surface area contributed by atoms with Crippen LogP contribution in [0.5, 0.6) is 0 Å². The largest absolute Gasteiger partial charge is 0.349 e. The van der Waals surface area contributed by atoms with E-state index in [0.29, 0.717) is 25.1 Å². The van der Waals surface area contributed by atoms with Crippen molar-refractivity contribution in [1.29, 1.82) is 0 Å².